The molecule has 0 atom stereocenters. The van der Waals surface area contributed by atoms with Crippen LogP contribution in [0.1, 0.15) is 50.2 Å². The van der Waals surface area contributed by atoms with Crippen molar-refractivity contribution >= 4 is 11.8 Å². The summed E-state index contributed by atoms with van der Waals surface area (Å²) in [7, 11) is 0. The fourth-order valence-electron chi connectivity index (χ4n) is 4.38. The molecule has 0 spiro atoms. The number of piperidine rings is 1. The molecule has 2 aliphatic heterocycles. The van der Waals surface area contributed by atoms with Crippen molar-refractivity contribution in [2.75, 3.05) is 39.3 Å². The lowest BCUT2D eigenvalue weighted by Crippen LogP contribution is -2.45. The molecule has 0 bridgehead atoms. The maximum absolute atomic E-state index is 13.0. The summed E-state index contributed by atoms with van der Waals surface area (Å²) in [6, 6.07) is 8.56. The zero-order chi connectivity index (χ0) is 19.9. The van der Waals surface area contributed by atoms with Gasteiger partial charge in [-0.25, -0.2) is 0 Å². The average Bonchev–Trinajstić information content (AvgIpc) is 2.95. The number of likely N-dealkylation sites (tertiary alicyclic amines) is 1. The molecule has 3 rings (SSSR count). The van der Waals surface area contributed by atoms with E-state index in [4.69, 9.17) is 0 Å². The topological polar surface area (TPSA) is 43.9 Å². The molecule has 5 nitrogen and oxygen atoms in total. The Balaban J connectivity index is 1.48. The third-order valence-corrected chi connectivity index (χ3v) is 6.22. The van der Waals surface area contributed by atoms with Crippen LogP contribution in [0.15, 0.2) is 24.3 Å². The predicted molar refractivity (Wildman–Crippen MR) is 112 cm³/mol. The van der Waals surface area contributed by atoms with Crippen molar-refractivity contribution in [3.05, 3.63) is 35.4 Å². The predicted octanol–water partition coefficient (Wildman–Crippen LogP) is 3.07. The molecule has 2 fully saturated rings. The molecule has 1 aromatic rings. The van der Waals surface area contributed by atoms with Crippen molar-refractivity contribution in [3.63, 3.8) is 0 Å². The van der Waals surface area contributed by atoms with Crippen LogP contribution in [0.5, 0.6) is 0 Å². The van der Waals surface area contributed by atoms with Crippen LogP contribution in [0, 0.1) is 12.8 Å². The first kappa shape index (κ1) is 20.8. The van der Waals surface area contributed by atoms with Gasteiger partial charge in [0.2, 0.25) is 11.8 Å². The van der Waals surface area contributed by atoms with Crippen LogP contribution >= 0.6 is 0 Å². The van der Waals surface area contributed by atoms with Crippen LogP contribution < -0.4 is 0 Å². The Morgan fingerprint density at radius 1 is 0.964 bits per heavy atom. The summed E-state index contributed by atoms with van der Waals surface area (Å²) in [6.07, 6.45) is 4.19. The van der Waals surface area contributed by atoms with Crippen LogP contribution in [0.25, 0.3) is 0 Å². The maximum atomic E-state index is 13.0. The number of amides is 2. The molecule has 0 aromatic heterocycles. The molecule has 0 aliphatic carbocycles. The highest BCUT2D eigenvalue weighted by atomic mass is 16.2. The molecule has 5 heteroatoms. The Labute approximate surface area is 169 Å². The first-order chi connectivity index (χ1) is 13.6. The standard InChI is InChI=1S/C23H35N3O2/c1-3-7-22(27)25-14-10-20(11-15-25)23(28)26-13-6-12-24(16-17-26)18-21-9-5-4-8-19(21)2/h4-5,8-9,20H,3,6-7,10-18H2,1-2H3. The van der Waals surface area contributed by atoms with Gasteiger partial charge in [-0.2, -0.15) is 0 Å². The van der Waals surface area contributed by atoms with E-state index >= 15 is 0 Å². The first-order valence-electron chi connectivity index (χ1n) is 10.9. The second-order valence-electron chi connectivity index (χ2n) is 8.29. The molecule has 1 aromatic carbocycles. The lowest BCUT2D eigenvalue weighted by atomic mass is 9.95. The van der Waals surface area contributed by atoms with Gasteiger partial charge in [0.05, 0.1) is 0 Å². The van der Waals surface area contributed by atoms with E-state index in [1.807, 2.05) is 11.8 Å². The lowest BCUT2D eigenvalue weighted by molar-refractivity contribution is -0.140. The molecule has 2 saturated heterocycles. The van der Waals surface area contributed by atoms with Crippen molar-refractivity contribution in [2.45, 2.75) is 52.5 Å². The molecule has 0 N–H and O–H groups in total. The van der Waals surface area contributed by atoms with Crippen molar-refractivity contribution < 1.29 is 9.59 Å². The fourth-order valence-corrected chi connectivity index (χ4v) is 4.38. The Morgan fingerprint density at radius 3 is 2.43 bits per heavy atom. The Morgan fingerprint density at radius 2 is 1.71 bits per heavy atom. The second-order valence-corrected chi connectivity index (χ2v) is 8.29. The second kappa shape index (κ2) is 10.1. The van der Waals surface area contributed by atoms with Gasteiger partial charge in [0.25, 0.3) is 0 Å². The van der Waals surface area contributed by atoms with Gasteiger partial charge in [-0.1, -0.05) is 31.2 Å². The average molecular weight is 386 g/mol. The molecule has 0 unspecified atom stereocenters. The van der Waals surface area contributed by atoms with E-state index < -0.39 is 0 Å². The van der Waals surface area contributed by atoms with Crippen LogP contribution in [0.3, 0.4) is 0 Å². The number of rotatable bonds is 5. The van der Waals surface area contributed by atoms with Gasteiger partial charge in [-0.15, -0.1) is 0 Å². The summed E-state index contributed by atoms with van der Waals surface area (Å²) in [6.45, 7) is 10.3. The summed E-state index contributed by atoms with van der Waals surface area (Å²) < 4.78 is 0. The van der Waals surface area contributed by atoms with Gasteiger partial charge in [0.1, 0.15) is 0 Å². The van der Waals surface area contributed by atoms with E-state index in [1.165, 1.54) is 11.1 Å². The third-order valence-electron chi connectivity index (χ3n) is 6.22. The number of hydrogen-bond acceptors (Lipinski definition) is 3. The van der Waals surface area contributed by atoms with Gasteiger partial charge in [-0.05, 0) is 43.7 Å². The van der Waals surface area contributed by atoms with E-state index in [1.54, 1.807) is 0 Å². The van der Waals surface area contributed by atoms with E-state index in [9.17, 15) is 9.59 Å². The van der Waals surface area contributed by atoms with E-state index in [0.717, 1.165) is 71.5 Å². The smallest absolute Gasteiger partial charge is 0.225 e. The zero-order valence-electron chi connectivity index (χ0n) is 17.5. The zero-order valence-corrected chi connectivity index (χ0v) is 17.5. The molecule has 2 heterocycles. The maximum Gasteiger partial charge on any atom is 0.225 e. The SMILES string of the molecule is CCCC(=O)N1CCC(C(=O)N2CCCN(Cc3ccccc3C)CC2)CC1. The number of aryl methyl sites for hydroxylation is 1. The highest BCUT2D eigenvalue weighted by Gasteiger charge is 2.30. The molecule has 0 saturated carbocycles. The number of benzene rings is 1. The van der Waals surface area contributed by atoms with Gasteiger partial charge in [0, 0.05) is 58.2 Å². The molecule has 0 radical (unpaired) electrons. The molecule has 28 heavy (non-hydrogen) atoms. The molecular formula is C23H35N3O2. The minimum atomic E-state index is 0.0913. The summed E-state index contributed by atoms with van der Waals surface area (Å²) in [5, 5.41) is 0. The molecular weight excluding hydrogens is 350 g/mol. The highest BCUT2D eigenvalue weighted by molar-refractivity contribution is 5.80. The van der Waals surface area contributed by atoms with Crippen molar-refractivity contribution in [2.24, 2.45) is 5.92 Å². The normalized spacial score (nSPS) is 19.5. The van der Waals surface area contributed by atoms with Gasteiger partial charge >= 0.3 is 0 Å². The summed E-state index contributed by atoms with van der Waals surface area (Å²) in [4.78, 5) is 31.6. The Kier molecular flexibility index (Phi) is 7.49. The minimum absolute atomic E-state index is 0.0913. The fraction of sp³-hybridized carbons (Fsp3) is 0.652. The van der Waals surface area contributed by atoms with Crippen LogP contribution in [0.2, 0.25) is 0 Å². The van der Waals surface area contributed by atoms with E-state index in [-0.39, 0.29) is 11.8 Å². The summed E-state index contributed by atoms with van der Waals surface area (Å²) in [5.41, 5.74) is 2.72. The molecule has 154 valence electrons. The number of carbonyl (C=O) groups is 2. The highest BCUT2D eigenvalue weighted by Crippen LogP contribution is 2.22. The summed E-state index contributed by atoms with van der Waals surface area (Å²) >= 11 is 0. The van der Waals surface area contributed by atoms with Crippen LogP contribution in [0.4, 0.5) is 0 Å². The van der Waals surface area contributed by atoms with Crippen molar-refractivity contribution in [1.29, 1.82) is 0 Å². The molecule has 2 aliphatic rings. The molecule has 2 amide bonds. The third kappa shape index (κ3) is 5.34. The number of hydrogen-bond donors (Lipinski definition) is 0. The lowest BCUT2D eigenvalue weighted by Gasteiger charge is -2.34. The Bertz CT molecular complexity index is 668. The van der Waals surface area contributed by atoms with Crippen LogP contribution in [-0.4, -0.2) is 65.8 Å². The van der Waals surface area contributed by atoms with E-state index in [2.05, 4.69) is 41.0 Å². The van der Waals surface area contributed by atoms with E-state index in [0.29, 0.717) is 12.3 Å². The van der Waals surface area contributed by atoms with Crippen molar-refractivity contribution in [1.82, 2.24) is 14.7 Å². The minimum Gasteiger partial charge on any atom is -0.343 e. The first-order valence-corrected chi connectivity index (χ1v) is 10.9. The van der Waals surface area contributed by atoms with Gasteiger partial charge < -0.3 is 9.80 Å². The number of carbonyl (C=O) groups excluding carboxylic acids is 2. The Hall–Kier alpha value is -1.88. The monoisotopic (exact) mass is 385 g/mol. The van der Waals surface area contributed by atoms with Gasteiger partial charge in [0.15, 0.2) is 0 Å². The largest absolute Gasteiger partial charge is 0.343 e. The summed E-state index contributed by atoms with van der Waals surface area (Å²) in [5.74, 6) is 0.643. The van der Waals surface area contributed by atoms with Crippen molar-refractivity contribution in [3.8, 4) is 0 Å². The quantitative estimate of drug-likeness (QED) is 0.782. The number of nitrogens with zero attached hydrogens (tertiary/aromatic N) is 3. The van der Waals surface area contributed by atoms with Crippen LogP contribution in [-0.2, 0) is 16.1 Å². The van der Waals surface area contributed by atoms with Gasteiger partial charge in [-0.3, -0.25) is 14.5 Å².